The lowest BCUT2D eigenvalue weighted by Crippen LogP contribution is -2.26. The molecule has 2 rings (SSSR count). The number of hydrogen-bond donors (Lipinski definition) is 2. The third-order valence-corrected chi connectivity index (χ3v) is 3.40. The van der Waals surface area contributed by atoms with Crippen molar-refractivity contribution in [1.82, 2.24) is 20.3 Å². The van der Waals surface area contributed by atoms with Crippen LogP contribution in [0.5, 0.6) is 0 Å². The molecule has 0 atom stereocenters. The fourth-order valence-electron chi connectivity index (χ4n) is 1.64. The zero-order valence-corrected chi connectivity index (χ0v) is 12.3. The minimum atomic E-state index is -0.215. The topological polar surface area (TPSA) is 79.8 Å². The van der Waals surface area contributed by atoms with Gasteiger partial charge in [0.25, 0.3) is 5.91 Å². The number of thiazole rings is 1. The molecule has 2 heterocycles. The van der Waals surface area contributed by atoms with Crippen molar-refractivity contribution in [2.24, 2.45) is 0 Å². The van der Waals surface area contributed by atoms with Crippen LogP contribution in [0.15, 0.2) is 17.8 Å². The molecule has 20 heavy (non-hydrogen) atoms. The Bertz CT molecular complexity index is 566. The molecule has 0 aliphatic heterocycles. The van der Waals surface area contributed by atoms with Crippen molar-refractivity contribution in [2.75, 3.05) is 18.4 Å². The standard InChI is InChI=1S/C13H17N5OS/c1-3-14-12-7-16-11(6-17-12)13(19)15-5-4-10-8-20-9(2)18-10/h6-8H,3-5H2,1-2H3,(H,14,17)(H,15,19). The minimum Gasteiger partial charge on any atom is -0.369 e. The Morgan fingerprint density at radius 3 is 2.80 bits per heavy atom. The van der Waals surface area contributed by atoms with Gasteiger partial charge in [0.15, 0.2) is 0 Å². The van der Waals surface area contributed by atoms with E-state index in [9.17, 15) is 4.79 Å². The molecule has 0 fully saturated rings. The molecule has 1 amide bonds. The minimum absolute atomic E-state index is 0.215. The van der Waals surface area contributed by atoms with Crippen LogP contribution in [0.25, 0.3) is 0 Å². The van der Waals surface area contributed by atoms with Crippen molar-refractivity contribution in [3.8, 4) is 0 Å². The van der Waals surface area contributed by atoms with Crippen molar-refractivity contribution in [3.05, 3.63) is 34.2 Å². The highest BCUT2D eigenvalue weighted by Crippen LogP contribution is 2.07. The Balaban J connectivity index is 1.82. The number of aromatic nitrogens is 3. The summed E-state index contributed by atoms with van der Waals surface area (Å²) in [6.07, 6.45) is 3.75. The summed E-state index contributed by atoms with van der Waals surface area (Å²) in [5, 5.41) is 8.88. The molecule has 0 aliphatic rings. The number of aryl methyl sites for hydroxylation is 1. The molecular formula is C13H17N5OS. The van der Waals surface area contributed by atoms with Crippen molar-refractivity contribution in [1.29, 1.82) is 0 Å². The van der Waals surface area contributed by atoms with Gasteiger partial charge in [-0.2, -0.15) is 0 Å². The normalized spacial score (nSPS) is 10.3. The highest BCUT2D eigenvalue weighted by Gasteiger charge is 2.07. The van der Waals surface area contributed by atoms with Gasteiger partial charge in [0.1, 0.15) is 11.5 Å². The molecule has 0 saturated carbocycles. The van der Waals surface area contributed by atoms with Gasteiger partial charge in [0, 0.05) is 24.9 Å². The molecule has 106 valence electrons. The molecule has 2 N–H and O–H groups in total. The first-order chi connectivity index (χ1) is 9.69. The van der Waals surface area contributed by atoms with E-state index in [1.807, 2.05) is 19.2 Å². The maximum absolute atomic E-state index is 11.9. The lowest BCUT2D eigenvalue weighted by atomic mass is 10.3. The van der Waals surface area contributed by atoms with E-state index in [-0.39, 0.29) is 5.91 Å². The number of amides is 1. The van der Waals surface area contributed by atoms with E-state index >= 15 is 0 Å². The average Bonchev–Trinajstić information content (AvgIpc) is 2.85. The maximum atomic E-state index is 11.9. The van der Waals surface area contributed by atoms with E-state index in [0.717, 1.165) is 23.7 Å². The molecule has 0 aliphatic carbocycles. The smallest absolute Gasteiger partial charge is 0.271 e. The summed E-state index contributed by atoms with van der Waals surface area (Å²) in [5.74, 6) is 0.453. The number of carbonyl (C=O) groups is 1. The Hall–Kier alpha value is -2.02. The number of nitrogens with one attached hydrogen (secondary N) is 2. The zero-order valence-electron chi connectivity index (χ0n) is 11.5. The van der Waals surface area contributed by atoms with Gasteiger partial charge in [-0.15, -0.1) is 11.3 Å². The second-order valence-corrected chi connectivity index (χ2v) is 5.24. The summed E-state index contributed by atoms with van der Waals surface area (Å²) in [4.78, 5) is 24.4. The molecule has 2 aromatic rings. The summed E-state index contributed by atoms with van der Waals surface area (Å²) in [5.41, 5.74) is 1.32. The number of hydrogen-bond acceptors (Lipinski definition) is 6. The Morgan fingerprint density at radius 2 is 2.20 bits per heavy atom. The molecule has 0 radical (unpaired) electrons. The Morgan fingerprint density at radius 1 is 1.35 bits per heavy atom. The van der Waals surface area contributed by atoms with Crippen LogP contribution in [0.1, 0.15) is 28.1 Å². The van der Waals surface area contributed by atoms with E-state index in [1.54, 1.807) is 17.5 Å². The molecule has 0 spiro atoms. The van der Waals surface area contributed by atoms with E-state index in [1.165, 1.54) is 6.20 Å². The summed E-state index contributed by atoms with van der Waals surface area (Å²) < 4.78 is 0. The quantitative estimate of drug-likeness (QED) is 0.846. The lowest BCUT2D eigenvalue weighted by molar-refractivity contribution is 0.0949. The fourth-order valence-corrected chi connectivity index (χ4v) is 2.28. The van der Waals surface area contributed by atoms with Crippen LogP contribution >= 0.6 is 11.3 Å². The zero-order chi connectivity index (χ0) is 14.4. The van der Waals surface area contributed by atoms with Crippen molar-refractivity contribution in [3.63, 3.8) is 0 Å². The van der Waals surface area contributed by atoms with Gasteiger partial charge in [-0.25, -0.2) is 15.0 Å². The van der Waals surface area contributed by atoms with Crippen molar-refractivity contribution < 1.29 is 4.79 Å². The Kier molecular flexibility index (Phi) is 5.00. The first kappa shape index (κ1) is 14.4. The van der Waals surface area contributed by atoms with Crippen LogP contribution in [0.2, 0.25) is 0 Å². The Labute approximate surface area is 121 Å². The maximum Gasteiger partial charge on any atom is 0.271 e. The predicted molar refractivity (Wildman–Crippen MR) is 79.1 cm³/mol. The van der Waals surface area contributed by atoms with Crippen molar-refractivity contribution in [2.45, 2.75) is 20.3 Å². The second-order valence-electron chi connectivity index (χ2n) is 4.18. The molecule has 2 aromatic heterocycles. The number of carbonyl (C=O) groups excluding carboxylic acids is 1. The van der Waals surface area contributed by atoms with E-state index in [0.29, 0.717) is 18.1 Å². The van der Waals surface area contributed by atoms with Gasteiger partial charge >= 0.3 is 0 Å². The molecule has 7 heteroatoms. The molecule has 0 bridgehead atoms. The monoisotopic (exact) mass is 291 g/mol. The van der Waals surface area contributed by atoms with Crippen LogP contribution in [-0.2, 0) is 6.42 Å². The summed E-state index contributed by atoms with van der Waals surface area (Å²) in [6, 6.07) is 0. The van der Waals surface area contributed by atoms with Crippen LogP contribution in [0.4, 0.5) is 5.82 Å². The predicted octanol–water partition coefficient (Wildman–Crippen LogP) is 1.65. The fraction of sp³-hybridized carbons (Fsp3) is 0.385. The first-order valence-electron chi connectivity index (χ1n) is 6.44. The summed E-state index contributed by atoms with van der Waals surface area (Å²) in [7, 11) is 0. The molecule has 6 nitrogen and oxygen atoms in total. The third kappa shape index (κ3) is 3.99. The van der Waals surface area contributed by atoms with Crippen LogP contribution in [0.3, 0.4) is 0 Å². The van der Waals surface area contributed by atoms with Crippen LogP contribution in [0, 0.1) is 6.92 Å². The van der Waals surface area contributed by atoms with E-state index < -0.39 is 0 Å². The number of rotatable bonds is 6. The highest BCUT2D eigenvalue weighted by molar-refractivity contribution is 7.09. The van der Waals surface area contributed by atoms with Crippen molar-refractivity contribution >= 4 is 23.1 Å². The second kappa shape index (κ2) is 6.95. The summed E-state index contributed by atoms with van der Waals surface area (Å²) >= 11 is 1.61. The lowest BCUT2D eigenvalue weighted by Gasteiger charge is -2.04. The molecular weight excluding hydrogens is 274 g/mol. The van der Waals surface area contributed by atoms with E-state index in [4.69, 9.17) is 0 Å². The summed E-state index contributed by atoms with van der Waals surface area (Å²) in [6.45, 7) is 5.25. The molecule has 0 saturated heterocycles. The van der Waals surface area contributed by atoms with Crippen LogP contribution < -0.4 is 10.6 Å². The number of anilines is 1. The highest BCUT2D eigenvalue weighted by atomic mass is 32.1. The van der Waals surface area contributed by atoms with Gasteiger partial charge in [0.05, 0.1) is 23.1 Å². The van der Waals surface area contributed by atoms with E-state index in [2.05, 4.69) is 25.6 Å². The van der Waals surface area contributed by atoms with Gasteiger partial charge in [-0.05, 0) is 13.8 Å². The largest absolute Gasteiger partial charge is 0.369 e. The van der Waals surface area contributed by atoms with Crippen LogP contribution in [-0.4, -0.2) is 33.9 Å². The third-order valence-electron chi connectivity index (χ3n) is 2.58. The SMILES string of the molecule is CCNc1cnc(C(=O)NCCc2csc(C)n2)cn1. The molecule has 0 unspecified atom stereocenters. The molecule has 0 aromatic carbocycles. The average molecular weight is 291 g/mol. The van der Waals surface area contributed by atoms with Gasteiger partial charge in [-0.3, -0.25) is 4.79 Å². The van der Waals surface area contributed by atoms with Gasteiger partial charge in [0.2, 0.25) is 0 Å². The first-order valence-corrected chi connectivity index (χ1v) is 7.32. The van der Waals surface area contributed by atoms with Gasteiger partial charge in [-0.1, -0.05) is 0 Å². The number of nitrogens with zero attached hydrogens (tertiary/aromatic N) is 3. The van der Waals surface area contributed by atoms with Gasteiger partial charge < -0.3 is 10.6 Å².